The van der Waals surface area contributed by atoms with Crippen LogP contribution in [0.1, 0.15) is 39.5 Å². The molecule has 0 bridgehead atoms. The summed E-state index contributed by atoms with van der Waals surface area (Å²) in [5.41, 5.74) is 0.122. The Kier molecular flexibility index (Phi) is 4.94. The van der Waals surface area contributed by atoms with E-state index in [1.54, 1.807) is 0 Å². The Morgan fingerprint density at radius 3 is 2.78 bits per heavy atom. The molecular weight excluding hydrogens is 244 g/mol. The van der Waals surface area contributed by atoms with Gasteiger partial charge >= 0.3 is 0 Å². The molecule has 0 radical (unpaired) electrons. The maximum absolute atomic E-state index is 8.99. The van der Waals surface area contributed by atoms with Crippen molar-refractivity contribution in [1.82, 2.24) is 4.90 Å². The molecular formula is C14H24N2OS. The first-order chi connectivity index (χ1) is 8.67. The van der Waals surface area contributed by atoms with Crippen molar-refractivity contribution in [3.8, 4) is 6.07 Å². The van der Waals surface area contributed by atoms with E-state index >= 15 is 0 Å². The van der Waals surface area contributed by atoms with Crippen LogP contribution in [0.4, 0.5) is 0 Å². The highest BCUT2D eigenvalue weighted by molar-refractivity contribution is 7.99. The molecule has 1 unspecified atom stereocenters. The Balaban J connectivity index is 2.02. The quantitative estimate of drug-likeness (QED) is 0.737. The van der Waals surface area contributed by atoms with E-state index < -0.39 is 0 Å². The van der Waals surface area contributed by atoms with Gasteiger partial charge in [-0.05, 0) is 51.0 Å². The van der Waals surface area contributed by atoms with Crippen LogP contribution in [0.5, 0.6) is 0 Å². The van der Waals surface area contributed by atoms with Crippen LogP contribution < -0.4 is 0 Å². The van der Waals surface area contributed by atoms with E-state index in [0.717, 1.165) is 19.4 Å². The third-order valence-electron chi connectivity index (χ3n) is 4.26. The highest BCUT2D eigenvalue weighted by atomic mass is 32.2. The zero-order chi connectivity index (χ0) is 13.0. The lowest BCUT2D eigenvalue weighted by Gasteiger charge is -2.47. The molecule has 102 valence electrons. The average molecular weight is 268 g/mol. The van der Waals surface area contributed by atoms with Gasteiger partial charge in [-0.1, -0.05) is 0 Å². The normalized spacial score (nSPS) is 27.6. The Bertz CT molecular complexity index is 302. The smallest absolute Gasteiger partial charge is 0.0870 e. The summed E-state index contributed by atoms with van der Waals surface area (Å²) in [5, 5.41) is 8.99. The molecule has 2 aliphatic heterocycles. The summed E-state index contributed by atoms with van der Waals surface area (Å²) >= 11 is 2.04. The number of ether oxygens (including phenoxy) is 1. The van der Waals surface area contributed by atoms with E-state index in [1.165, 1.54) is 24.3 Å². The minimum Gasteiger partial charge on any atom is -0.375 e. The van der Waals surface area contributed by atoms with Crippen LogP contribution in [0.2, 0.25) is 0 Å². The van der Waals surface area contributed by atoms with Crippen molar-refractivity contribution < 1.29 is 4.74 Å². The maximum atomic E-state index is 8.99. The van der Waals surface area contributed by atoms with E-state index in [-0.39, 0.29) is 5.60 Å². The second kappa shape index (κ2) is 6.27. The molecule has 0 amide bonds. The Morgan fingerprint density at radius 1 is 1.44 bits per heavy atom. The first-order valence-electron chi connectivity index (χ1n) is 7.01. The summed E-state index contributed by atoms with van der Waals surface area (Å²) in [6.45, 7) is 5.80. The molecule has 2 aliphatic rings. The minimum atomic E-state index is 0.122. The summed E-state index contributed by atoms with van der Waals surface area (Å²) in [7, 11) is 0. The fourth-order valence-electron chi connectivity index (χ4n) is 3.19. The number of hydrogen-bond acceptors (Lipinski definition) is 4. The molecule has 0 saturated carbocycles. The predicted molar refractivity (Wildman–Crippen MR) is 75.7 cm³/mol. The van der Waals surface area contributed by atoms with Gasteiger partial charge in [0, 0.05) is 18.7 Å². The lowest BCUT2D eigenvalue weighted by molar-refractivity contribution is -0.112. The van der Waals surface area contributed by atoms with Crippen molar-refractivity contribution in [3.63, 3.8) is 0 Å². The zero-order valence-electron chi connectivity index (χ0n) is 11.5. The molecule has 0 aromatic rings. The molecule has 18 heavy (non-hydrogen) atoms. The summed E-state index contributed by atoms with van der Waals surface area (Å²) in [4.78, 5) is 2.35. The van der Waals surface area contributed by atoms with Crippen molar-refractivity contribution in [3.05, 3.63) is 0 Å². The Labute approximate surface area is 115 Å². The molecule has 0 N–H and O–H groups in total. The van der Waals surface area contributed by atoms with Crippen molar-refractivity contribution in [2.45, 2.75) is 57.2 Å². The number of nitriles is 1. The highest BCUT2D eigenvalue weighted by Crippen LogP contribution is 2.39. The van der Waals surface area contributed by atoms with Gasteiger partial charge in [0.05, 0.1) is 18.2 Å². The van der Waals surface area contributed by atoms with Gasteiger partial charge in [-0.25, -0.2) is 0 Å². The third kappa shape index (κ3) is 3.20. The van der Waals surface area contributed by atoms with Gasteiger partial charge in [0.2, 0.25) is 0 Å². The molecule has 2 saturated heterocycles. The van der Waals surface area contributed by atoms with Gasteiger partial charge in [-0.2, -0.15) is 17.0 Å². The molecule has 3 nitrogen and oxygen atoms in total. The number of hydrogen-bond donors (Lipinski definition) is 0. The van der Waals surface area contributed by atoms with E-state index in [4.69, 9.17) is 10.00 Å². The van der Waals surface area contributed by atoms with Crippen LogP contribution in [0.3, 0.4) is 0 Å². The first kappa shape index (κ1) is 14.2. The summed E-state index contributed by atoms with van der Waals surface area (Å²) < 4.78 is 6.12. The summed E-state index contributed by atoms with van der Waals surface area (Å²) in [6, 6.07) is 3.29. The molecule has 4 heteroatoms. The van der Waals surface area contributed by atoms with E-state index in [2.05, 4.69) is 24.8 Å². The molecule has 2 rings (SSSR count). The molecule has 2 heterocycles. The second-order valence-electron chi connectivity index (χ2n) is 5.71. The SMILES string of the molecule is CC(C)N(CC#N)C1CCOC2(CCSCC2)C1. The van der Waals surface area contributed by atoms with Gasteiger partial charge in [0.15, 0.2) is 0 Å². The molecule has 0 aliphatic carbocycles. The predicted octanol–water partition coefficient (Wildman–Crippen LogP) is 2.67. The van der Waals surface area contributed by atoms with Crippen LogP contribution >= 0.6 is 11.8 Å². The lowest BCUT2D eigenvalue weighted by Crippen LogP contribution is -2.52. The van der Waals surface area contributed by atoms with Gasteiger partial charge in [0.25, 0.3) is 0 Å². The average Bonchev–Trinajstić information content (AvgIpc) is 2.36. The molecule has 1 atom stereocenters. The largest absolute Gasteiger partial charge is 0.375 e. The number of nitrogens with zero attached hydrogens (tertiary/aromatic N) is 2. The maximum Gasteiger partial charge on any atom is 0.0870 e. The van der Waals surface area contributed by atoms with Crippen molar-refractivity contribution in [1.29, 1.82) is 5.26 Å². The fraction of sp³-hybridized carbons (Fsp3) is 0.929. The van der Waals surface area contributed by atoms with Gasteiger partial charge < -0.3 is 4.74 Å². The first-order valence-corrected chi connectivity index (χ1v) is 8.17. The van der Waals surface area contributed by atoms with Gasteiger partial charge in [-0.15, -0.1) is 0 Å². The van der Waals surface area contributed by atoms with Gasteiger partial charge in [-0.3, -0.25) is 4.90 Å². The zero-order valence-corrected chi connectivity index (χ0v) is 12.3. The van der Waals surface area contributed by atoms with Crippen molar-refractivity contribution in [2.24, 2.45) is 0 Å². The van der Waals surface area contributed by atoms with Crippen LogP contribution in [0.25, 0.3) is 0 Å². The van der Waals surface area contributed by atoms with Crippen LogP contribution in [0, 0.1) is 11.3 Å². The van der Waals surface area contributed by atoms with Crippen molar-refractivity contribution >= 4 is 11.8 Å². The second-order valence-corrected chi connectivity index (χ2v) is 6.94. The van der Waals surface area contributed by atoms with Crippen LogP contribution in [0.15, 0.2) is 0 Å². The molecule has 2 fully saturated rings. The molecule has 0 aromatic carbocycles. The van der Waals surface area contributed by atoms with Crippen LogP contribution in [-0.4, -0.2) is 47.2 Å². The third-order valence-corrected chi connectivity index (χ3v) is 5.24. The van der Waals surface area contributed by atoms with Gasteiger partial charge in [0.1, 0.15) is 0 Å². The monoisotopic (exact) mass is 268 g/mol. The minimum absolute atomic E-state index is 0.122. The standard InChI is InChI=1S/C14H24N2OS/c1-12(2)16(7-6-15)13-3-8-17-14(11-13)4-9-18-10-5-14/h12-13H,3-5,7-11H2,1-2H3. The topological polar surface area (TPSA) is 36.3 Å². The number of thioether (sulfide) groups is 1. The molecule has 1 spiro atoms. The van der Waals surface area contributed by atoms with E-state index in [1.807, 2.05) is 11.8 Å². The van der Waals surface area contributed by atoms with Crippen LogP contribution in [-0.2, 0) is 4.74 Å². The highest BCUT2D eigenvalue weighted by Gasteiger charge is 2.40. The Morgan fingerprint density at radius 2 is 2.17 bits per heavy atom. The number of rotatable bonds is 3. The van der Waals surface area contributed by atoms with Crippen molar-refractivity contribution in [2.75, 3.05) is 24.7 Å². The molecule has 0 aromatic heterocycles. The van der Waals surface area contributed by atoms with E-state index in [9.17, 15) is 0 Å². The Hall–Kier alpha value is -0.240. The lowest BCUT2D eigenvalue weighted by atomic mass is 9.84. The summed E-state index contributed by atoms with van der Waals surface area (Å²) in [6.07, 6.45) is 4.57. The fourth-order valence-corrected chi connectivity index (χ4v) is 4.43. The van der Waals surface area contributed by atoms with E-state index in [0.29, 0.717) is 18.6 Å². The summed E-state index contributed by atoms with van der Waals surface area (Å²) in [5.74, 6) is 2.46.